The lowest BCUT2D eigenvalue weighted by atomic mass is 9.89. The second kappa shape index (κ2) is 7.37. The summed E-state index contributed by atoms with van der Waals surface area (Å²) < 4.78 is 18.6. The van der Waals surface area contributed by atoms with Crippen LogP contribution < -0.4 is 10.1 Å². The second-order valence-electron chi connectivity index (χ2n) is 4.64. The van der Waals surface area contributed by atoms with Gasteiger partial charge < -0.3 is 10.1 Å². The van der Waals surface area contributed by atoms with Crippen LogP contribution in [0, 0.1) is 11.7 Å². The molecule has 0 radical (unpaired) electrons. The van der Waals surface area contributed by atoms with Crippen molar-refractivity contribution in [2.75, 3.05) is 14.2 Å². The zero-order chi connectivity index (χ0) is 13.5. The Morgan fingerprint density at radius 2 is 1.94 bits per heavy atom. The summed E-state index contributed by atoms with van der Waals surface area (Å²) in [6.07, 6.45) is 3.13. The molecule has 0 spiro atoms. The number of nitrogens with one attached hydrogen (secondary N) is 1. The maximum atomic E-state index is 13.6. The lowest BCUT2D eigenvalue weighted by molar-refractivity contribution is 0.348. The SMILES string of the molecule is CCC(CC)C(Cc1ccc(OC)c(F)c1)NC. The molecule has 0 bridgehead atoms. The van der Waals surface area contributed by atoms with Gasteiger partial charge in [-0.15, -0.1) is 0 Å². The van der Waals surface area contributed by atoms with E-state index >= 15 is 0 Å². The molecule has 18 heavy (non-hydrogen) atoms. The number of benzene rings is 1. The summed E-state index contributed by atoms with van der Waals surface area (Å²) in [5.41, 5.74) is 1.01. The van der Waals surface area contributed by atoms with E-state index in [1.807, 2.05) is 13.1 Å². The quantitative estimate of drug-likeness (QED) is 0.804. The highest BCUT2D eigenvalue weighted by atomic mass is 19.1. The monoisotopic (exact) mass is 253 g/mol. The third kappa shape index (κ3) is 3.70. The summed E-state index contributed by atoms with van der Waals surface area (Å²) >= 11 is 0. The van der Waals surface area contributed by atoms with E-state index in [1.54, 1.807) is 12.1 Å². The molecule has 1 N–H and O–H groups in total. The maximum Gasteiger partial charge on any atom is 0.165 e. The minimum Gasteiger partial charge on any atom is -0.494 e. The molecule has 1 aromatic carbocycles. The largest absolute Gasteiger partial charge is 0.494 e. The summed E-state index contributed by atoms with van der Waals surface area (Å²) in [6, 6.07) is 5.61. The molecule has 0 saturated heterocycles. The van der Waals surface area contributed by atoms with Crippen molar-refractivity contribution in [2.24, 2.45) is 5.92 Å². The molecule has 1 rings (SSSR count). The van der Waals surface area contributed by atoms with E-state index in [4.69, 9.17) is 4.74 Å². The Hall–Kier alpha value is -1.09. The number of rotatable bonds is 7. The lowest BCUT2D eigenvalue weighted by Gasteiger charge is -2.25. The number of hydrogen-bond acceptors (Lipinski definition) is 2. The fraction of sp³-hybridized carbons (Fsp3) is 0.600. The maximum absolute atomic E-state index is 13.6. The smallest absolute Gasteiger partial charge is 0.165 e. The van der Waals surface area contributed by atoms with Gasteiger partial charge in [-0.25, -0.2) is 4.39 Å². The molecule has 1 unspecified atom stereocenters. The van der Waals surface area contributed by atoms with Crippen LogP contribution in [0.3, 0.4) is 0 Å². The molecule has 0 fully saturated rings. The highest BCUT2D eigenvalue weighted by Crippen LogP contribution is 2.21. The van der Waals surface area contributed by atoms with Gasteiger partial charge in [0.15, 0.2) is 11.6 Å². The Morgan fingerprint density at radius 1 is 1.28 bits per heavy atom. The Bertz CT molecular complexity index is 364. The Labute approximate surface area is 110 Å². The normalized spacial score (nSPS) is 12.8. The fourth-order valence-corrected chi connectivity index (χ4v) is 2.45. The van der Waals surface area contributed by atoms with Crippen molar-refractivity contribution in [3.05, 3.63) is 29.6 Å². The first-order valence-corrected chi connectivity index (χ1v) is 6.65. The highest BCUT2D eigenvalue weighted by molar-refractivity contribution is 5.29. The molecule has 0 saturated carbocycles. The molecule has 0 heterocycles. The average Bonchev–Trinajstić information content (AvgIpc) is 2.39. The molecule has 0 aromatic heterocycles. The van der Waals surface area contributed by atoms with Crippen LogP contribution in [0.15, 0.2) is 18.2 Å². The van der Waals surface area contributed by atoms with Crippen molar-refractivity contribution in [1.29, 1.82) is 0 Å². The van der Waals surface area contributed by atoms with Crippen LogP contribution in [-0.4, -0.2) is 20.2 Å². The van der Waals surface area contributed by atoms with Gasteiger partial charge in [0.2, 0.25) is 0 Å². The van der Waals surface area contributed by atoms with E-state index in [2.05, 4.69) is 19.2 Å². The van der Waals surface area contributed by atoms with Gasteiger partial charge in [0.05, 0.1) is 7.11 Å². The third-order valence-corrected chi connectivity index (χ3v) is 3.66. The zero-order valence-corrected chi connectivity index (χ0v) is 11.8. The predicted octanol–water partition coefficient (Wildman–Crippen LogP) is 3.40. The van der Waals surface area contributed by atoms with E-state index in [9.17, 15) is 4.39 Å². The molecule has 1 atom stereocenters. The van der Waals surface area contributed by atoms with E-state index in [0.29, 0.717) is 17.7 Å². The molecule has 0 aliphatic heterocycles. The number of ether oxygens (including phenoxy) is 1. The van der Waals surface area contributed by atoms with Gasteiger partial charge in [-0.3, -0.25) is 0 Å². The van der Waals surface area contributed by atoms with Crippen LogP contribution in [0.1, 0.15) is 32.3 Å². The van der Waals surface area contributed by atoms with E-state index < -0.39 is 0 Å². The first-order valence-electron chi connectivity index (χ1n) is 6.65. The molecule has 3 heteroatoms. The summed E-state index contributed by atoms with van der Waals surface area (Å²) in [6.45, 7) is 4.40. The van der Waals surface area contributed by atoms with Crippen molar-refractivity contribution >= 4 is 0 Å². The lowest BCUT2D eigenvalue weighted by Crippen LogP contribution is -2.35. The number of hydrogen-bond donors (Lipinski definition) is 1. The van der Waals surface area contributed by atoms with Gasteiger partial charge in [-0.05, 0) is 37.1 Å². The average molecular weight is 253 g/mol. The topological polar surface area (TPSA) is 21.3 Å². The fourth-order valence-electron chi connectivity index (χ4n) is 2.45. The van der Waals surface area contributed by atoms with Crippen molar-refractivity contribution in [1.82, 2.24) is 5.32 Å². The van der Waals surface area contributed by atoms with Crippen LogP contribution in [-0.2, 0) is 6.42 Å². The molecule has 102 valence electrons. The van der Waals surface area contributed by atoms with Gasteiger partial charge in [0, 0.05) is 6.04 Å². The van der Waals surface area contributed by atoms with Crippen molar-refractivity contribution in [3.8, 4) is 5.75 Å². The Morgan fingerprint density at radius 3 is 2.39 bits per heavy atom. The molecule has 2 nitrogen and oxygen atoms in total. The van der Waals surface area contributed by atoms with Gasteiger partial charge in [0.25, 0.3) is 0 Å². The summed E-state index contributed by atoms with van der Waals surface area (Å²) in [5.74, 6) is 0.650. The predicted molar refractivity (Wildman–Crippen MR) is 73.6 cm³/mol. The van der Waals surface area contributed by atoms with E-state index in [-0.39, 0.29) is 5.82 Å². The summed E-state index contributed by atoms with van der Waals surface area (Å²) in [5, 5.41) is 3.35. The van der Waals surface area contributed by atoms with Crippen molar-refractivity contribution < 1.29 is 9.13 Å². The Balaban J connectivity index is 2.78. The molecule has 1 aromatic rings. The third-order valence-electron chi connectivity index (χ3n) is 3.66. The van der Waals surface area contributed by atoms with Crippen LogP contribution in [0.5, 0.6) is 5.75 Å². The minimum absolute atomic E-state index is 0.283. The number of likely N-dealkylation sites (N-methyl/N-ethyl adjacent to an activating group) is 1. The molecule has 0 amide bonds. The molecule has 0 aliphatic carbocycles. The number of halogens is 1. The van der Waals surface area contributed by atoms with Crippen LogP contribution in [0.2, 0.25) is 0 Å². The Kier molecular flexibility index (Phi) is 6.13. The van der Waals surface area contributed by atoms with Crippen LogP contribution in [0.4, 0.5) is 4.39 Å². The van der Waals surface area contributed by atoms with Crippen molar-refractivity contribution in [3.63, 3.8) is 0 Å². The van der Waals surface area contributed by atoms with Gasteiger partial charge in [-0.2, -0.15) is 0 Å². The van der Waals surface area contributed by atoms with Crippen molar-refractivity contribution in [2.45, 2.75) is 39.2 Å². The first-order chi connectivity index (χ1) is 8.65. The zero-order valence-electron chi connectivity index (χ0n) is 11.8. The summed E-state index contributed by atoms with van der Waals surface area (Å²) in [7, 11) is 3.46. The second-order valence-corrected chi connectivity index (χ2v) is 4.64. The first kappa shape index (κ1) is 15.0. The van der Waals surface area contributed by atoms with Gasteiger partial charge in [-0.1, -0.05) is 32.8 Å². The summed E-state index contributed by atoms with van der Waals surface area (Å²) in [4.78, 5) is 0. The van der Waals surface area contributed by atoms with Crippen LogP contribution in [0.25, 0.3) is 0 Å². The standard InChI is InChI=1S/C15H24FNO/c1-5-12(6-2)14(17-3)10-11-7-8-15(18-4)13(16)9-11/h7-9,12,14,17H,5-6,10H2,1-4H3. The number of methoxy groups -OCH3 is 1. The van der Waals surface area contributed by atoms with E-state index in [1.165, 1.54) is 7.11 Å². The molecule has 0 aliphatic rings. The van der Waals surface area contributed by atoms with Crippen LogP contribution >= 0.6 is 0 Å². The van der Waals surface area contributed by atoms with Gasteiger partial charge >= 0.3 is 0 Å². The van der Waals surface area contributed by atoms with Gasteiger partial charge in [0.1, 0.15) is 0 Å². The molecular formula is C15H24FNO. The molecular weight excluding hydrogens is 229 g/mol. The highest BCUT2D eigenvalue weighted by Gasteiger charge is 2.17. The van der Waals surface area contributed by atoms with E-state index in [0.717, 1.165) is 24.8 Å². The minimum atomic E-state index is -0.283.